The van der Waals surface area contributed by atoms with E-state index in [1.54, 1.807) is 26.0 Å². The number of ether oxygens (including phenoxy) is 1. The van der Waals surface area contributed by atoms with E-state index in [4.69, 9.17) is 4.74 Å². The van der Waals surface area contributed by atoms with Crippen LogP contribution in [0.5, 0.6) is 0 Å². The Morgan fingerprint density at radius 2 is 2.00 bits per heavy atom. The van der Waals surface area contributed by atoms with Crippen LogP contribution < -0.4 is 4.72 Å². The number of benzene rings is 1. The second-order valence-electron chi connectivity index (χ2n) is 5.43. The van der Waals surface area contributed by atoms with E-state index >= 15 is 0 Å². The van der Waals surface area contributed by atoms with Crippen molar-refractivity contribution in [3.8, 4) is 0 Å². The Labute approximate surface area is 128 Å². The average Bonchev–Trinajstić information content (AvgIpc) is 2.76. The van der Waals surface area contributed by atoms with Crippen molar-refractivity contribution in [2.75, 3.05) is 13.7 Å². The number of nitrogens with one attached hydrogen (secondary N) is 1. The van der Waals surface area contributed by atoms with E-state index in [1.165, 1.54) is 18.4 Å². The first-order valence-electron chi connectivity index (χ1n) is 6.45. The Bertz CT molecular complexity index is 735. The van der Waals surface area contributed by atoms with Crippen molar-refractivity contribution in [2.45, 2.75) is 30.9 Å². The molecule has 21 heavy (non-hydrogen) atoms. The summed E-state index contributed by atoms with van der Waals surface area (Å²) in [6.45, 7) is 3.45. The van der Waals surface area contributed by atoms with Crippen LogP contribution in [0, 0.1) is 0 Å². The SMILES string of the molecule is COCC(C)(C)NS(=O)(=O)c1c(CO)sc2ccccc12. The summed E-state index contributed by atoms with van der Waals surface area (Å²) in [5.41, 5.74) is -0.733. The van der Waals surface area contributed by atoms with Gasteiger partial charge in [-0.2, -0.15) is 0 Å². The molecule has 0 aliphatic heterocycles. The summed E-state index contributed by atoms with van der Waals surface area (Å²) in [5, 5.41) is 10.1. The van der Waals surface area contributed by atoms with Crippen LogP contribution in [-0.4, -0.2) is 32.8 Å². The van der Waals surface area contributed by atoms with E-state index in [0.29, 0.717) is 10.3 Å². The van der Waals surface area contributed by atoms with Crippen LogP contribution in [0.2, 0.25) is 0 Å². The van der Waals surface area contributed by atoms with Gasteiger partial charge in [0.25, 0.3) is 0 Å². The van der Waals surface area contributed by atoms with Crippen molar-refractivity contribution in [1.29, 1.82) is 0 Å². The predicted molar refractivity (Wildman–Crippen MR) is 84.0 cm³/mol. The third kappa shape index (κ3) is 3.44. The number of thiophene rings is 1. The maximum absolute atomic E-state index is 12.7. The summed E-state index contributed by atoms with van der Waals surface area (Å²) < 4.78 is 33.9. The Hall–Kier alpha value is -0.990. The smallest absolute Gasteiger partial charge is 0.242 e. The minimum atomic E-state index is -3.75. The highest BCUT2D eigenvalue weighted by Gasteiger charge is 2.30. The van der Waals surface area contributed by atoms with Gasteiger partial charge in [-0.05, 0) is 19.9 Å². The second-order valence-corrected chi connectivity index (χ2v) is 8.19. The van der Waals surface area contributed by atoms with Crippen molar-refractivity contribution in [3.05, 3.63) is 29.1 Å². The standard InChI is InChI=1S/C14H19NO4S2/c1-14(2,9-19-3)15-21(17,18)13-10-6-4-5-7-11(10)20-12(13)8-16/h4-7,15-16H,8-9H2,1-3H3. The van der Waals surface area contributed by atoms with Gasteiger partial charge in [0.1, 0.15) is 4.90 Å². The van der Waals surface area contributed by atoms with Gasteiger partial charge in [0.2, 0.25) is 10.0 Å². The lowest BCUT2D eigenvalue weighted by atomic mass is 10.1. The largest absolute Gasteiger partial charge is 0.391 e. The molecule has 0 fully saturated rings. The summed E-state index contributed by atoms with van der Waals surface area (Å²) in [4.78, 5) is 0.603. The summed E-state index contributed by atoms with van der Waals surface area (Å²) in [5.74, 6) is 0. The fourth-order valence-electron chi connectivity index (χ4n) is 2.28. The highest BCUT2D eigenvalue weighted by Crippen LogP contribution is 2.35. The number of aliphatic hydroxyl groups is 1. The molecule has 2 aromatic rings. The zero-order chi connectivity index (χ0) is 15.7. The number of aliphatic hydroxyl groups excluding tert-OH is 1. The fraction of sp³-hybridized carbons (Fsp3) is 0.429. The van der Waals surface area contributed by atoms with Crippen LogP contribution in [-0.2, 0) is 21.4 Å². The molecule has 5 nitrogen and oxygen atoms in total. The maximum atomic E-state index is 12.7. The molecule has 116 valence electrons. The first kappa shape index (κ1) is 16.4. The molecule has 1 aromatic heterocycles. The van der Waals surface area contributed by atoms with E-state index in [2.05, 4.69) is 4.72 Å². The second kappa shape index (κ2) is 6.02. The highest BCUT2D eigenvalue weighted by atomic mass is 32.2. The van der Waals surface area contributed by atoms with Crippen molar-refractivity contribution in [3.63, 3.8) is 0 Å². The summed E-state index contributed by atoms with van der Waals surface area (Å²) in [7, 11) is -2.22. The van der Waals surface area contributed by atoms with Crippen LogP contribution in [0.4, 0.5) is 0 Å². The van der Waals surface area contributed by atoms with Gasteiger partial charge >= 0.3 is 0 Å². The van der Waals surface area contributed by atoms with Gasteiger partial charge in [0.05, 0.1) is 23.6 Å². The molecule has 0 radical (unpaired) electrons. The number of rotatable bonds is 6. The molecule has 1 aromatic carbocycles. The lowest BCUT2D eigenvalue weighted by molar-refractivity contribution is 0.141. The molecular weight excluding hydrogens is 310 g/mol. The van der Waals surface area contributed by atoms with E-state index in [0.717, 1.165) is 4.70 Å². The molecule has 0 saturated carbocycles. The molecule has 0 bridgehead atoms. The zero-order valence-electron chi connectivity index (χ0n) is 12.2. The molecule has 7 heteroatoms. The summed E-state index contributed by atoms with van der Waals surface area (Å²) >= 11 is 1.29. The van der Waals surface area contributed by atoms with Gasteiger partial charge in [0.15, 0.2) is 0 Å². The van der Waals surface area contributed by atoms with Crippen LogP contribution >= 0.6 is 11.3 Å². The first-order chi connectivity index (χ1) is 9.80. The molecule has 2 rings (SSSR count). The quantitative estimate of drug-likeness (QED) is 0.851. The minimum Gasteiger partial charge on any atom is -0.391 e. The number of hydrogen-bond acceptors (Lipinski definition) is 5. The Morgan fingerprint density at radius 1 is 1.33 bits per heavy atom. The van der Waals surface area contributed by atoms with Gasteiger partial charge in [-0.3, -0.25) is 0 Å². The van der Waals surface area contributed by atoms with Crippen molar-refractivity contribution < 1.29 is 18.3 Å². The lowest BCUT2D eigenvalue weighted by Gasteiger charge is -2.25. The normalized spacial score (nSPS) is 13.0. The van der Waals surface area contributed by atoms with E-state index in [-0.39, 0.29) is 18.1 Å². The molecule has 0 atom stereocenters. The third-order valence-corrected chi connectivity index (χ3v) is 6.06. The van der Waals surface area contributed by atoms with Crippen molar-refractivity contribution in [2.24, 2.45) is 0 Å². The molecule has 0 spiro atoms. The van der Waals surface area contributed by atoms with Crippen LogP contribution in [0.3, 0.4) is 0 Å². The van der Waals surface area contributed by atoms with Gasteiger partial charge in [-0.15, -0.1) is 11.3 Å². The lowest BCUT2D eigenvalue weighted by Crippen LogP contribution is -2.46. The van der Waals surface area contributed by atoms with E-state index in [1.807, 2.05) is 12.1 Å². The van der Waals surface area contributed by atoms with Gasteiger partial charge < -0.3 is 9.84 Å². The number of methoxy groups -OCH3 is 1. The molecule has 0 unspecified atom stereocenters. The zero-order valence-corrected chi connectivity index (χ0v) is 13.8. The number of sulfonamides is 1. The molecule has 0 aliphatic rings. The molecule has 0 aliphatic carbocycles. The predicted octanol–water partition coefficient (Wildman–Crippen LogP) is 2.10. The molecule has 2 N–H and O–H groups in total. The first-order valence-corrected chi connectivity index (χ1v) is 8.75. The maximum Gasteiger partial charge on any atom is 0.242 e. The van der Waals surface area contributed by atoms with Crippen LogP contribution in [0.1, 0.15) is 18.7 Å². The minimum absolute atomic E-state index is 0.162. The average molecular weight is 329 g/mol. The van der Waals surface area contributed by atoms with Crippen LogP contribution in [0.15, 0.2) is 29.2 Å². The Kier molecular flexibility index (Phi) is 4.69. The Balaban J connectivity index is 2.54. The third-order valence-electron chi connectivity index (χ3n) is 2.95. The molecule has 0 saturated heterocycles. The topological polar surface area (TPSA) is 75.6 Å². The number of fused-ring (bicyclic) bond motifs is 1. The van der Waals surface area contributed by atoms with Crippen LogP contribution in [0.25, 0.3) is 10.1 Å². The summed E-state index contributed by atoms with van der Waals surface area (Å²) in [6, 6.07) is 7.23. The van der Waals surface area contributed by atoms with Crippen molar-refractivity contribution in [1.82, 2.24) is 4.72 Å². The van der Waals surface area contributed by atoms with Gasteiger partial charge in [0, 0.05) is 17.2 Å². The Morgan fingerprint density at radius 3 is 2.62 bits per heavy atom. The highest BCUT2D eigenvalue weighted by molar-refractivity contribution is 7.90. The van der Waals surface area contributed by atoms with E-state index < -0.39 is 15.6 Å². The molecular formula is C14H19NO4S2. The summed E-state index contributed by atoms with van der Waals surface area (Å²) in [6.07, 6.45) is 0. The van der Waals surface area contributed by atoms with Gasteiger partial charge in [-0.1, -0.05) is 18.2 Å². The fourth-order valence-corrected chi connectivity index (χ4v) is 5.47. The van der Waals surface area contributed by atoms with E-state index in [9.17, 15) is 13.5 Å². The van der Waals surface area contributed by atoms with Gasteiger partial charge in [-0.25, -0.2) is 13.1 Å². The van der Waals surface area contributed by atoms with Crippen molar-refractivity contribution >= 4 is 31.4 Å². The molecule has 1 heterocycles. The monoisotopic (exact) mass is 329 g/mol. The molecule has 0 amide bonds. The number of hydrogen-bond donors (Lipinski definition) is 2.